The molecule has 1 saturated heterocycles. The van der Waals surface area contributed by atoms with Gasteiger partial charge in [-0.15, -0.1) is 0 Å². The molecular formula is C9H13N3O. The van der Waals surface area contributed by atoms with Crippen LogP contribution in [0.2, 0.25) is 0 Å². The Morgan fingerprint density at radius 3 is 3.23 bits per heavy atom. The molecule has 1 aromatic rings. The molecular weight excluding hydrogens is 166 g/mol. The molecule has 0 aliphatic carbocycles. The molecule has 0 amide bonds. The molecule has 1 N–H and O–H groups in total. The van der Waals surface area contributed by atoms with Gasteiger partial charge in [-0.25, -0.2) is 4.98 Å². The van der Waals surface area contributed by atoms with Crippen molar-refractivity contribution in [3.63, 3.8) is 0 Å². The van der Waals surface area contributed by atoms with Crippen LogP contribution in [0.4, 0.5) is 0 Å². The maximum Gasteiger partial charge on any atom is 0.232 e. The standard InChI is InChI=1S/C9H13N3O/c1-2-10-5-8(1)7-13-9-6-11-3-4-12-9/h3-4,6,8,10H,1-2,5,7H2/t8-/m1/s1. The third-order valence-electron chi connectivity index (χ3n) is 2.17. The Kier molecular flexibility index (Phi) is 2.72. The lowest BCUT2D eigenvalue weighted by molar-refractivity contribution is 0.250. The molecule has 2 rings (SSSR count). The Balaban J connectivity index is 1.79. The van der Waals surface area contributed by atoms with E-state index in [-0.39, 0.29) is 0 Å². The summed E-state index contributed by atoms with van der Waals surface area (Å²) in [4.78, 5) is 7.96. The lowest BCUT2D eigenvalue weighted by Crippen LogP contribution is -2.15. The second kappa shape index (κ2) is 4.18. The van der Waals surface area contributed by atoms with E-state index in [1.165, 1.54) is 6.42 Å². The minimum Gasteiger partial charge on any atom is -0.476 e. The Labute approximate surface area is 77.4 Å². The summed E-state index contributed by atoms with van der Waals surface area (Å²) in [5.74, 6) is 1.25. The molecule has 13 heavy (non-hydrogen) atoms. The monoisotopic (exact) mass is 179 g/mol. The minimum atomic E-state index is 0.620. The van der Waals surface area contributed by atoms with Crippen LogP contribution in [0.15, 0.2) is 18.6 Å². The van der Waals surface area contributed by atoms with Crippen molar-refractivity contribution in [1.82, 2.24) is 15.3 Å². The van der Waals surface area contributed by atoms with Crippen LogP contribution in [0.1, 0.15) is 6.42 Å². The van der Waals surface area contributed by atoms with E-state index in [1.54, 1.807) is 18.6 Å². The molecule has 0 bridgehead atoms. The Morgan fingerprint density at radius 2 is 2.54 bits per heavy atom. The van der Waals surface area contributed by atoms with Crippen LogP contribution < -0.4 is 10.1 Å². The summed E-state index contributed by atoms with van der Waals surface area (Å²) < 4.78 is 5.48. The predicted molar refractivity (Wildman–Crippen MR) is 48.5 cm³/mol. The van der Waals surface area contributed by atoms with Gasteiger partial charge in [-0.3, -0.25) is 4.98 Å². The normalized spacial score (nSPS) is 21.7. The second-order valence-electron chi connectivity index (χ2n) is 3.21. The lowest BCUT2D eigenvalue weighted by Gasteiger charge is -2.08. The number of nitrogens with one attached hydrogen (secondary N) is 1. The minimum absolute atomic E-state index is 0.620. The first-order valence-electron chi connectivity index (χ1n) is 4.54. The molecule has 1 aromatic heterocycles. The van der Waals surface area contributed by atoms with E-state index in [1.807, 2.05) is 0 Å². The van der Waals surface area contributed by atoms with Crippen LogP contribution in [-0.4, -0.2) is 29.7 Å². The zero-order valence-electron chi connectivity index (χ0n) is 7.44. The summed E-state index contributed by atoms with van der Waals surface area (Å²) in [6.07, 6.45) is 6.12. The summed E-state index contributed by atoms with van der Waals surface area (Å²) in [6.45, 7) is 2.90. The Morgan fingerprint density at radius 1 is 1.54 bits per heavy atom. The van der Waals surface area contributed by atoms with Gasteiger partial charge in [-0.2, -0.15) is 0 Å². The predicted octanol–water partition coefficient (Wildman–Crippen LogP) is 0.465. The van der Waals surface area contributed by atoms with E-state index in [4.69, 9.17) is 4.74 Å². The quantitative estimate of drug-likeness (QED) is 0.732. The van der Waals surface area contributed by atoms with Crippen LogP contribution in [0.25, 0.3) is 0 Å². The highest BCUT2D eigenvalue weighted by atomic mass is 16.5. The maximum atomic E-state index is 5.48. The highest BCUT2D eigenvalue weighted by Crippen LogP contribution is 2.09. The molecule has 0 unspecified atom stereocenters. The molecule has 0 aromatic carbocycles. The Hall–Kier alpha value is -1.16. The lowest BCUT2D eigenvalue weighted by atomic mass is 10.1. The molecule has 1 atom stereocenters. The molecule has 4 heteroatoms. The fourth-order valence-electron chi connectivity index (χ4n) is 1.42. The average Bonchev–Trinajstić information content (AvgIpc) is 2.69. The van der Waals surface area contributed by atoms with Gasteiger partial charge in [0.15, 0.2) is 0 Å². The number of nitrogens with zero attached hydrogens (tertiary/aromatic N) is 2. The van der Waals surface area contributed by atoms with Crippen molar-refractivity contribution in [2.45, 2.75) is 6.42 Å². The highest BCUT2D eigenvalue weighted by Gasteiger charge is 2.14. The number of hydrogen-bond donors (Lipinski definition) is 1. The number of aromatic nitrogens is 2. The first-order chi connectivity index (χ1) is 6.45. The first kappa shape index (κ1) is 8.44. The van der Waals surface area contributed by atoms with Crippen LogP contribution in [0, 0.1) is 5.92 Å². The summed E-state index contributed by atoms with van der Waals surface area (Å²) in [6, 6.07) is 0. The molecule has 0 radical (unpaired) electrons. The summed E-state index contributed by atoms with van der Waals surface area (Å²) in [7, 11) is 0. The van der Waals surface area contributed by atoms with Gasteiger partial charge in [0.05, 0.1) is 12.8 Å². The van der Waals surface area contributed by atoms with Crippen molar-refractivity contribution < 1.29 is 4.74 Å². The van der Waals surface area contributed by atoms with Gasteiger partial charge in [0, 0.05) is 24.9 Å². The molecule has 70 valence electrons. The molecule has 0 spiro atoms. The van der Waals surface area contributed by atoms with Crippen molar-refractivity contribution in [3.05, 3.63) is 18.6 Å². The van der Waals surface area contributed by atoms with Gasteiger partial charge in [-0.05, 0) is 13.0 Å². The number of hydrogen-bond acceptors (Lipinski definition) is 4. The maximum absolute atomic E-state index is 5.48. The molecule has 1 fully saturated rings. The van der Waals surface area contributed by atoms with Crippen LogP contribution in [-0.2, 0) is 0 Å². The number of ether oxygens (including phenoxy) is 1. The van der Waals surface area contributed by atoms with E-state index >= 15 is 0 Å². The molecule has 4 nitrogen and oxygen atoms in total. The highest BCUT2D eigenvalue weighted by molar-refractivity contribution is 5.01. The van der Waals surface area contributed by atoms with E-state index in [9.17, 15) is 0 Å². The SMILES string of the molecule is c1cnc(OC[C@@H]2CCNC2)cn1. The van der Waals surface area contributed by atoms with Crippen LogP contribution in [0.3, 0.4) is 0 Å². The summed E-state index contributed by atoms with van der Waals surface area (Å²) in [5.41, 5.74) is 0. The molecule has 1 aliphatic heterocycles. The van der Waals surface area contributed by atoms with Gasteiger partial charge >= 0.3 is 0 Å². The zero-order valence-corrected chi connectivity index (χ0v) is 7.44. The summed E-state index contributed by atoms with van der Waals surface area (Å²) in [5, 5.41) is 3.29. The van der Waals surface area contributed by atoms with Crippen molar-refractivity contribution in [2.24, 2.45) is 5.92 Å². The van der Waals surface area contributed by atoms with E-state index < -0.39 is 0 Å². The topological polar surface area (TPSA) is 47.0 Å². The van der Waals surface area contributed by atoms with Gasteiger partial charge in [0.25, 0.3) is 0 Å². The van der Waals surface area contributed by atoms with Crippen molar-refractivity contribution in [1.29, 1.82) is 0 Å². The van der Waals surface area contributed by atoms with Gasteiger partial charge < -0.3 is 10.1 Å². The fourth-order valence-corrected chi connectivity index (χ4v) is 1.42. The van der Waals surface area contributed by atoms with E-state index in [0.717, 1.165) is 19.7 Å². The average molecular weight is 179 g/mol. The molecule has 0 saturated carbocycles. The second-order valence-corrected chi connectivity index (χ2v) is 3.21. The first-order valence-corrected chi connectivity index (χ1v) is 4.54. The van der Waals surface area contributed by atoms with Gasteiger partial charge in [-0.1, -0.05) is 0 Å². The van der Waals surface area contributed by atoms with Crippen LogP contribution in [0.5, 0.6) is 5.88 Å². The summed E-state index contributed by atoms with van der Waals surface area (Å²) >= 11 is 0. The van der Waals surface area contributed by atoms with Gasteiger partial charge in [0.2, 0.25) is 5.88 Å². The van der Waals surface area contributed by atoms with Gasteiger partial charge in [0.1, 0.15) is 0 Å². The van der Waals surface area contributed by atoms with E-state index in [2.05, 4.69) is 15.3 Å². The van der Waals surface area contributed by atoms with E-state index in [0.29, 0.717) is 11.8 Å². The van der Waals surface area contributed by atoms with Crippen molar-refractivity contribution in [2.75, 3.05) is 19.7 Å². The molecule has 1 aliphatic rings. The Bertz CT molecular complexity index is 246. The smallest absolute Gasteiger partial charge is 0.232 e. The fraction of sp³-hybridized carbons (Fsp3) is 0.556. The van der Waals surface area contributed by atoms with Crippen molar-refractivity contribution >= 4 is 0 Å². The largest absolute Gasteiger partial charge is 0.476 e. The third kappa shape index (κ3) is 2.39. The third-order valence-corrected chi connectivity index (χ3v) is 2.17. The zero-order chi connectivity index (χ0) is 8.93. The molecule has 2 heterocycles. The van der Waals surface area contributed by atoms with Crippen molar-refractivity contribution in [3.8, 4) is 5.88 Å². The number of rotatable bonds is 3. The van der Waals surface area contributed by atoms with Crippen LogP contribution >= 0.6 is 0 Å².